The second-order valence-electron chi connectivity index (χ2n) is 7.66. The molecule has 5 nitrogen and oxygen atoms in total. The van der Waals surface area contributed by atoms with Crippen molar-refractivity contribution in [3.8, 4) is 16.1 Å². The minimum Gasteiger partial charge on any atom is -0.267 e. The molecule has 154 valence electrons. The van der Waals surface area contributed by atoms with E-state index in [4.69, 9.17) is 11.6 Å². The fourth-order valence-electron chi connectivity index (χ4n) is 3.78. The number of nitrogens with zero attached hydrogens (tertiary/aromatic N) is 4. The molecule has 7 heteroatoms. The molecule has 31 heavy (non-hydrogen) atoms. The summed E-state index contributed by atoms with van der Waals surface area (Å²) in [6, 6.07) is 17.6. The van der Waals surface area contributed by atoms with Crippen LogP contribution in [0.5, 0.6) is 0 Å². The third kappa shape index (κ3) is 3.73. The molecule has 0 unspecified atom stereocenters. The van der Waals surface area contributed by atoms with Crippen molar-refractivity contribution in [1.82, 2.24) is 9.55 Å². The van der Waals surface area contributed by atoms with Crippen LogP contribution in [0.3, 0.4) is 0 Å². The summed E-state index contributed by atoms with van der Waals surface area (Å²) >= 11 is 7.44. The first-order valence-electron chi connectivity index (χ1n) is 9.95. The van der Waals surface area contributed by atoms with E-state index in [1.807, 2.05) is 56.3 Å². The molecule has 0 radical (unpaired) electrons. The fourth-order valence-corrected chi connectivity index (χ4v) is 4.95. The predicted octanol–water partition coefficient (Wildman–Crippen LogP) is 5.78. The van der Waals surface area contributed by atoms with E-state index in [1.165, 1.54) is 16.9 Å². The van der Waals surface area contributed by atoms with Crippen LogP contribution in [-0.2, 0) is 6.42 Å². The molecule has 3 heterocycles. The maximum atomic E-state index is 13.2. The van der Waals surface area contributed by atoms with E-state index < -0.39 is 0 Å². The summed E-state index contributed by atoms with van der Waals surface area (Å²) in [6.07, 6.45) is 2.45. The van der Waals surface area contributed by atoms with Crippen LogP contribution in [0.4, 0.5) is 0 Å². The van der Waals surface area contributed by atoms with Crippen LogP contribution < -0.4 is 5.56 Å². The van der Waals surface area contributed by atoms with Crippen molar-refractivity contribution in [2.24, 2.45) is 16.1 Å². The van der Waals surface area contributed by atoms with E-state index in [1.54, 1.807) is 10.9 Å². The standard InChI is InChI=1S/C24H19ClN4OS/c1-14-20(15(2)28-27-14)11-16-3-9-19(10-4-16)29-13-26-21-12-22(31-23(21)24(29)30)17-5-7-18(25)8-6-17/h3-10,12-13,20H,11H2,1-2H3. The number of hydrogen-bond donors (Lipinski definition) is 0. The van der Waals surface area contributed by atoms with E-state index in [-0.39, 0.29) is 11.5 Å². The minimum atomic E-state index is -0.0651. The second kappa shape index (κ2) is 7.87. The zero-order valence-electron chi connectivity index (χ0n) is 17.0. The zero-order chi connectivity index (χ0) is 21.5. The van der Waals surface area contributed by atoms with Crippen molar-refractivity contribution in [1.29, 1.82) is 0 Å². The van der Waals surface area contributed by atoms with Gasteiger partial charge >= 0.3 is 0 Å². The highest BCUT2D eigenvalue weighted by molar-refractivity contribution is 7.22. The van der Waals surface area contributed by atoms with Crippen LogP contribution in [0.25, 0.3) is 26.3 Å². The molecule has 2 aromatic heterocycles. The Balaban J connectivity index is 1.45. The van der Waals surface area contributed by atoms with Crippen LogP contribution in [0, 0.1) is 5.92 Å². The number of halogens is 1. The molecular weight excluding hydrogens is 428 g/mol. The van der Waals surface area contributed by atoms with Gasteiger partial charge in [0.15, 0.2) is 0 Å². The monoisotopic (exact) mass is 446 g/mol. The highest BCUT2D eigenvalue weighted by atomic mass is 35.5. The van der Waals surface area contributed by atoms with Crippen molar-refractivity contribution >= 4 is 44.6 Å². The summed E-state index contributed by atoms with van der Waals surface area (Å²) in [6.45, 7) is 4.03. The molecule has 0 bridgehead atoms. The summed E-state index contributed by atoms with van der Waals surface area (Å²) < 4.78 is 2.24. The topological polar surface area (TPSA) is 59.6 Å². The van der Waals surface area contributed by atoms with Gasteiger partial charge in [-0.25, -0.2) is 4.98 Å². The van der Waals surface area contributed by atoms with Crippen molar-refractivity contribution in [3.63, 3.8) is 0 Å². The molecule has 1 aliphatic rings. The van der Waals surface area contributed by atoms with Crippen molar-refractivity contribution in [2.45, 2.75) is 20.3 Å². The smallest absolute Gasteiger partial charge is 0.267 e. The Kier molecular flexibility index (Phi) is 5.04. The third-order valence-electron chi connectivity index (χ3n) is 5.59. The Bertz CT molecular complexity index is 1380. The SMILES string of the molecule is CC1=NN=C(C)C1Cc1ccc(-n2cnc3cc(-c4ccc(Cl)cc4)sc3c2=O)cc1. The number of aromatic nitrogens is 2. The average molecular weight is 447 g/mol. The number of thiophene rings is 1. The maximum Gasteiger partial charge on any atom is 0.275 e. The Morgan fingerprint density at radius 2 is 1.68 bits per heavy atom. The van der Waals surface area contributed by atoms with Gasteiger partial charge in [-0.2, -0.15) is 10.2 Å². The number of rotatable bonds is 4. The lowest BCUT2D eigenvalue weighted by Gasteiger charge is -2.12. The van der Waals surface area contributed by atoms with Gasteiger partial charge in [-0.3, -0.25) is 9.36 Å². The molecule has 0 atom stereocenters. The molecule has 0 spiro atoms. The van der Waals surface area contributed by atoms with E-state index in [9.17, 15) is 4.79 Å². The average Bonchev–Trinajstić information content (AvgIpc) is 3.35. The molecule has 0 saturated heterocycles. The Labute approximate surface area is 188 Å². The van der Waals surface area contributed by atoms with E-state index in [0.717, 1.165) is 34.0 Å². The zero-order valence-corrected chi connectivity index (χ0v) is 18.6. The van der Waals surface area contributed by atoms with Crippen molar-refractivity contribution in [3.05, 3.63) is 81.9 Å². The van der Waals surface area contributed by atoms with Gasteiger partial charge < -0.3 is 0 Å². The lowest BCUT2D eigenvalue weighted by molar-refractivity contribution is 0.897. The molecule has 0 amide bonds. The lowest BCUT2D eigenvalue weighted by atomic mass is 9.92. The molecule has 0 saturated carbocycles. The molecule has 0 N–H and O–H groups in total. The normalized spacial score (nSPS) is 14.2. The van der Waals surface area contributed by atoms with Crippen LogP contribution in [0.1, 0.15) is 19.4 Å². The van der Waals surface area contributed by atoms with Gasteiger partial charge in [-0.05, 0) is 61.7 Å². The first-order chi connectivity index (χ1) is 15.0. The number of fused-ring (bicyclic) bond motifs is 1. The van der Waals surface area contributed by atoms with Gasteiger partial charge in [0.1, 0.15) is 11.0 Å². The molecule has 0 fully saturated rings. The van der Waals surface area contributed by atoms with Gasteiger partial charge in [-0.15, -0.1) is 11.3 Å². The molecule has 2 aromatic carbocycles. The first-order valence-corrected chi connectivity index (χ1v) is 11.1. The van der Waals surface area contributed by atoms with Gasteiger partial charge in [0.2, 0.25) is 0 Å². The first kappa shape index (κ1) is 19.8. The van der Waals surface area contributed by atoms with Gasteiger partial charge in [0, 0.05) is 27.2 Å². The fraction of sp³-hybridized carbons (Fsp3) is 0.167. The third-order valence-corrected chi connectivity index (χ3v) is 7.01. The molecule has 0 aliphatic carbocycles. The summed E-state index contributed by atoms with van der Waals surface area (Å²) in [4.78, 5) is 18.7. The van der Waals surface area contributed by atoms with Crippen LogP contribution >= 0.6 is 22.9 Å². The predicted molar refractivity (Wildman–Crippen MR) is 129 cm³/mol. The minimum absolute atomic E-state index is 0.0651. The number of benzene rings is 2. The largest absolute Gasteiger partial charge is 0.275 e. The van der Waals surface area contributed by atoms with Crippen molar-refractivity contribution < 1.29 is 0 Å². The van der Waals surface area contributed by atoms with Gasteiger partial charge in [0.05, 0.1) is 11.2 Å². The maximum absolute atomic E-state index is 13.2. The Morgan fingerprint density at radius 3 is 2.35 bits per heavy atom. The van der Waals surface area contributed by atoms with Crippen LogP contribution in [-0.4, -0.2) is 21.0 Å². The van der Waals surface area contributed by atoms with Crippen LogP contribution in [0.2, 0.25) is 5.02 Å². The molecule has 1 aliphatic heterocycles. The molecule has 5 rings (SSSR count). The van der Waals surface area contributed by atoms with E-state index >= 15 is 0 Å². The Morgan fingerprint density at radius 1 is 1.00 bits per heavy atom. The summed E-state index contributed by atoms with van der Waals surface area (Å²) in [5.74, 6) is 0.254. The van der Waals surface area contributed by atoms with E-state index in [0.29, 0.717) is 15.2 Å². The van der Waals surface area contributed by atoms with Gasteiger partial charge in [0.25, 0.3) is 5.56 Å². The van der Waals surface area contributed by atoms with Gasteiger partial charge in [-0.1, -0.05) is 35.9 Å². The highest BCUT2D eigenvalue weighted by Crippen LogP contribution is 2.31. The lowest BCUT2D eigenvalue weighted by Crippen LogP contribution is -2.19. The molecular formula is C24H19ClN4OS. The summed E-state index contributed by atoms with van der Waals surface area (Å²) in [7, 11) is 0. The summed E-state index contributed by atoms with van der Waals surface area (Å²) in [5.41, 5.74) is 5.73. The van der Waals surface area contributed by atoms with E-state index in [2.05, 4.69) is 27.3 Å². The quantitative estimate of drug-likeness (QED) is 0.399. The number of hydrogen-bond acceptors (Lipinski definition) is 5. The van der Waals surface area contributed by atoms with Crippen molar-refractivity contribution in [2.75, 3.05) is 0 Å². The molecule has 4 aromatic rings. The highest BCUT2D eigenvalue weighted by Gasteiger charge is 2.21. The summed E-state index contributed by atoms with van der Waals surface area (Å²) in [5, 5.41) is 9.03. The second-order valence-corrected chi connectivity index (χ2v) is 9.15. The Hall–Kier alpha value is -3.09. The van der Waals surface area contributed by atoms with Crippen LogP contribution in [0.15, 0.2) is 75.9 Å².